The Morgan fingerprint density at radius 2 is 1.95 bits per heavy atom. The molecule has 3 aliphatic heterocycles. The molecule has 0 bridgehead atoms. The van der Waals surface area contributed by atoms with Gasteiger partial charge in [-0.2, -0.15) is 0 Å². The van der Waals surface area contributed by atoms with Crippen LogP contribution in [0.25, 0.3) is 0 Å². The van der Waals surface area contributed by atoms with Crippen LogP contribution in [0.5, 0.6) is 5.75 Å². The fourth-order valence-electron chi connectivity index (χ4n) is 4.43. The summed E-state index contributed by atoms with van der Waals surface area (Å²) in [5.74, 6) is 1.71. The second-order valence-electron chi connectivity index (χ2n) is 6.89. The first kappa shape index (κ1) is 14.1. The van der Waals surface area contributed by atoms with Gasteiger partial charge >= 0.3 is 0 Å². The van der Waals surface area contributed by atoms with Crippen LogP contribution in [-0.4, -0.2) is 49.0 Å². The average Bonchev–Trinajstić information content (AvgIpc) is 2.92. The van der Waals surface area contributed by atoms with E-state index in [4.69, 9.17) is 4.74 Å². The van der Waals surface area contributed by atoms with Crippen molar-refractivity contribution in [3.05, 3.63) is 29.8 Å². The van der Waals surface area contributed by atoms with Crippen molar-refractivity contribution in [1.29, 1.82) is 0 Å². The first-order valence-corrected chi connectivity index (χ1v) is 8.46. The van der Waals surface area contributed by atoms with Crippen molar-refractivity contribution in [2.45, 2.75) is 25.3 Å². The summed E-state index contributed by atoms with van der Waals surface area (Å²) in [5.41, 5.74) is 1.25. The minimum absolute atomic E-state index is 0.0847. The molecule has 1 aromatic carbocycles. The van der Waals surface area contributed by atoms with E-state index in [-0.39, 0.29) is 11.8 Å². The molecule has 0 spiro atoms. The fraction of sp³-hybridized carbons (Fsp3) is 0.611. The number of hydrogen-bond donors (Lipinski definition) is 0. The number of benzene rings is 1. The molecule has 4 heteroatoms. The second kappa shape index (κ2) is 5.58. The third-order valence-corrected chi connectivity index (χ3v) is 5.54. The molecule has 4 nitrogen and oxygen atoms in total. The first-order chi connectivity index (χ1) is 10.8. The Bertz CT molecular complexity index is 568. The molecule has 4 rings (SSSR count). The molecule has 0 radical (unpaired) electrons. The van der Waals surface area contributed by atoms with Crippen LogP contribution in [0, 0.1) is 11.8 Å². The van der Waals surface area contributed by atoms with E-state index in [2.05, 4.69) is 29.0 Å². The van der Waals surface area contributed by atoms with Gasteiger partial charge in [-0.15, -0.1) is 0 Å². The summed E-state index contributed by atoms with van der Waals surface area (Å²) in [5, 5.41) is 0. The zero-order valence-corrected chi connectivity index (χ0v) is 13.2. The number of hydrogen-bond acceptors (Lipinski definition) is 3. The molecular formula is C18H24N2O2. The van der Waals surface area contributed by atoms with Gasteiger partial charge in [-0.05, 0) is 32.4 Å². The van der Waals surface area contributed by atoms with E-state index in [1.165, 1.54) is 12.0 Å². The van der Waals surface area contributed by atoms with E-state index in [0.717, 1.165) is 38.2 Å². The number of carbonyl (C=O) groups excluding carboxylic acids is 1. The number of ether oxygens (including phenoxy) is 1. The Labute approximate surface area is 132 Å². The number of fused-ring (bicyclic) bond motifs is 3. The number of amides is 1. The molecule has 2 fully saturated rings. The van der Waals surface area contributed by atoms with Crippen molar-refractivity contribution in [3.8, 4) is 5.75 Å². The molecule has 3 aliphatic rings. The van der Waals surface area contributed by atoms with Crippen molar-refractivity contribution in [3.63, 3.8) is 0 Å². The molecule has 0 aromatic heterocycles. The van der Waals surface area contributed by atoms with Gasteiger partial charge in [0.25, 0.3) is 0 Å². The predicted molar refractivity (Wildman–Crippen MR) is 84.7 cm³/mol. The van der Waals surface area contributed by atoms with Crippen LogP contribution in [0.15, 0.2) is 24.3 Å². The summed E-state index contributed by atoms with van der Waals surface area (Å²) >= 11 is 0. The molecule has 118 valence electrons. The van der Waals surface area contributed by atoms with E-state index < -0.39 is 0 Å². The summed E-state index contributed by atoms with van der Waals surface area (Å²) in [4.78, 5) is 17.4. The highest BCUT2D eigenvalue weighted by molar-refractivity contribution is 5.80. The molecule has 3 heterocycles. The fourth-order valence-corrected chi connectivity index (χ4v) is 4.43. The van der Waals surface area contributed by atoms with Gasteiger partial charge in [-0.1, -0.05) is 18.2 Å². The van der Waals surface area contributed by atoms with Gasteiger partial charge in [-0.25, -0.2) is 0 Å². The van der Waals surface area contributed by atoms with Crippen LogP contribution in [-0.2, 0) is 4.79 Å². The summed E-state index contributed by atoms with van der Waals surface area (Å²) in [6.45, 7) is 3.39. The van der Waals surface area contributed by atoms with Gasteiger partial charge in [0.05, 0.1) is 12.5 Å². The Morgan fingerprint density at radius 1 is 1.18 bits per heavy atom. The molecule has 1 aromatic rings. The molecule has 3 atom stereocenters. The van der Waals surface area contributed by atoms with Gasteiger partial charge in [0.1, 0.15) is 5.75 Å². The zero-order valence-electron chi connectivity index (χ0n) is 13.2. The number of para-hydroxylation sites is 1. The molecular weight excluding hydrogens is 276 g/mol. The van der Waals surface area contributed by atoms with Crippen LogP contribution >= 0.6 is 0 Å². The normalized spacial score (nSPS) is 31.3. The minimum Gasteiger partial charge on any atom is -0.493 e. The predicted octanol–water partition coefficient (Wildman–Crippen LogP) is 2.31. The topological polar surface area (TPSA) is 32.8 Å². The monoisotopic (exact) mass is 300 g/mol. The lowest BCUT2D eigenvalue weighted by molar-refractivity contribution is -0.137. The third kappa shape index (κ3) is 2.21. The Hall–Kier alpha value is -1.55. The molecule has 22 heavy (non-hydrogen) atoms. The molecule has 1 amide bonds. The summed E-state index contributed by atoms with van der Waals surface area (Å²) in [7, 11) is 2.14. The maximum atomic E-state index is 13.0. The SMILES string of the molecule is CN1C[C@@H](C(=O)N2CCCCC2)[C@@H]2COc3ccccc3[C@@H]21. The van der Waals surface area contributed by atoms with E-state index >= 15 is 0 Å². The van der Waals surface area contributed by atoms with E-state index in [1.807, 2.05) is 12.1 Å². The smallest absolute Gasteiger partial charge is 0.227 e. The Balaban J connectivity index is 1.59. The summed E-state index contributed by atoms with van der Waals surface area (Å²) in [6, 6.07) is 8.60. The number of rotatable bonds is 1. The number of carbonyl (C=O) groups is 1. The third-order valence-electron chi connectivity index (χ3n) is 5.54. The lowest BCUT2D eigenvalue weighted by atomic mass is 9.84. The van der Waals surface area contributed by atoms with Gasteiger partial charge in [0.15, 0.2) is 0 Å². The molecule has 0 saturated carbocycles. The van der Waals surface area contributed by atoms with Crippen LogP contribution in [0.2, 0.25) is 0 Å². The highest BCUT2D eigenvalue weighted by atomic mass is 16.5. The second-order valence-corrected chi connectivity index (χ2v) is 6.89. The van der Waals surface area contributed by atoms with Crippen molar-refractivity contribution in [1.82, 2.24) is 9.80 Å². The highest BCUT2D eigenvalue weighted by Crippen LogP contribution is 2.46. The van der Waals surface area contributed by atoms with Gasteiger partial charge in [0, 0.05) is 37.2 Å². The lowest BCUT2D eigenvalue weighted by Crippen LogP contribution is -2.43. The maximum absolute atomic E-state index is 13.0. The van der Waals surface area contributed by atoms with Gasteiger partial charge < -0.3 is 9.64 Å². The highest BCUT2D eigenvalue weighted by Gasteiger charge is 2.48. The van der Waals surface area contributed by atoms with Crippen molar-refractivity contribution in [2.75, 3.05) is 33.3 Å². The Kier molecular flexibility index (Phi) is 3.57. The van der Waals surface area contributed by atoms with E-state index in [0.29, 0.717) is 18.6 Å². The van der Waals surface area contributed by atoms with Crippen molar-refractivity contribution in [2.24, 2.45) is 11.8 Å². The van der Waals surface area contributed by atoms with E-state index in [9.17, 15) is 4.79 Å². The van der Waals surface area contributed by atoms with Gasteiger partial charge in [0.2, 0.25) is 5.91 Å². The van der Waals surface area contributed by atoms with Crippen LogP contribution < -0.4 is 4.74 Å². The first-order valence-electron chi connectivity index (χ1n) is 8.46. The molecule has 0 aliphatic carbocycles. The number of piperidine rings is 1. The largest absolute Gasteiger partial charge is 0.493 e. The van der Waals surface area contributed by atoms with Crippen LogP contribution in [0.4, 0.5) is 0 Å². The maximum Gasteiger partial charge on any atom is 0.227 e. The van der Waals surface area contributed by atoms with E-state index in [1.54, 1.807) is 0 Å². The van der Waals surface area contributed by atoms with Crippen molar-refractivity contribution >= 4 is 5.91 Å². The molecule has 0 unspecified atom stereocenters. The van der Waals surface area contributed by atoms with Gasteiger partial charge in [-0.3, -0.25) is 9.69 Å². The number of nitrogens with zero attached hydrogens (tertiary/aromatic N) is 2. The average molecular weight is 300 g/mol. The quantitative estimate of drug-likeness (QED) is 0.798. The van der Waals surface area contributed by atoms with Crippen molar-refractivity contribution < 1.29 is 9.53 Å². The molecule has 2 saturated heterocycles. The molecule has 0 N–H and O–H groups in total. The Morgan fingerprint density at radius 3 is 2.77 bits per heavy atom. The minimum atomic E-state index is 0.0847. The van der Waals surface area contributed by atoms with Crippen LogP contribution in [0.1, 0.15) is 30.9 Å². The standard InChI is InChI=1S/C18H24N2O2/c1-19-11-14(18(21)20-9-5-2-6-10-20)15-12-22-16-8-4-3-7-13(16)17(15)19/h3-4,7-8,14-15,17H,2,5-6,9-12H2,1H3/t14-,15+,17+/m1/s1. The van der Waals surface area contributed by atoms with Crippen LogP contribution in [0.3, 0.4) is 0 Å². The summed E-state index contributed by atoms with van der Waals surface area (Å²) < 4.78 is 5.96. The summed E-state index contributed by atoms with van der Waals surface area (Å²) in [6.07, 6.45) is 3.57. The lowest BCUT2D eigenvalue weighted by Gasteiger charge is -2.34. The zero-order chi connectivity index (χ0) is 15.1. The number of likely N-dealkylation sites (tertiary alicyclic amines) is 2.